The first-order valence-corrected chi connectivity index (χ1v) is 8.61. The molecular weight excluding hydrogens is 302 g/mol. The Balaban J connectivity index is 1.85. The van der Waals surface area contributed by atoms with Crippen molar-refractivity contribution in [2.75, 3.05) is 0 Å². The van der Waals surface area contributed by atoms with E-state index >= 15 is 0 Å². The molecule has 0 unspecified atom stereocenters. The van der Waals surface area contributed by atoms with E-state index in [1.165, 1.54) is 21.7 Å². The van der Waals surface area contributed by atoms with Gasteiger partial charge in [0.1, 0.15) is 5.75 Å². The van der Waals surface area contributed by atoms with Crippen LogP contribution in [-0.2, 0) is 6.54 Å². The summed E-state index contributed by atoms with van der Waals surface area (Å²) in [4.78, 5) is 1.25. The quantitative estimate of drug-likeness (QED) is 0.510. The lowest BCUT2D eigenvalue weighted by Crippen LogP contribution is -1.95. The largest absolute Gasteiger partial charge is 0.508 e. The Labute approximate surface area is 139 Å². The predicted octanol–water partition coefficient (Wildman–Crippen LogP) is 5.76. The molecule has 2 aromatic carbocycles. The van der Waals surface area contributed by atoms with Gasteiger partial charge in [0.15, 0.2) is 0 Å². The molecule has 2 heterocycles. The molecule has 0 amide bonds. The van der Waals surface area contributed by atoms with Crippen molar-refractivity contribution in [2.45, 2.75) is 13.5 Å². The van der Waals surface area contributed by atoms with Crippen LogP contribution >= 0.6 is 11.3 Å². The van der Waals surface area contributed by atoms with Crippen molar-refractivity contribution in [3.63, 3.8) is 0 Å². The Kier molecular flexibility index (Phi) is 3.43. The summed E-state index contributed by atoms with van der Waals surface area (Å²) >= 11 is 1.76. The Bertz CT molecular complexity index is 966. The first-order chi connectivity index (χ1) is 11.3. The lowest BCUT2D eigenvalue weighted by Gasteiger charge is -2.06. The number of aryl methyl sites for hydroxylation is 1. The summed E-state index contributed by atoms with van der Waals surface area (Å²) in [5.41, 5.74) is 4.86. The number of fused-ring (bicyclic) bond motifs is 1. The molecule has 4 aromatic rings. The zero-order valence-electron chi connectivity index (χ0n) is 12.9. The molecule has 0 aliphatic carbocycles. The normalized spacial score (nSPS) is 11.2. The fraction of sp³-hybridized carbons (Fsp3) is 0.100. The van der Waals surface area contributed by atoms with Crippen LogP contribution in [-0.4, -0.2) is 9.67 Å². The maximum atomic E-state index is 9.72. The molecule has 0 fully saturated rings. The van der Waals surface area contributed by atoms with Gasteiger partial charge in [-0.3, -0.25) is 0 Å². The van der Waals surface area contributed by atoms with Gasteiger partial charge in [-0.05, 0) is 53.8 Å². The Morgan fingerprint density at radius 2 is 1.78 bits per heavy atom. The molecule has 2 nitrogen and oxygen atoms in total. The van der Waals surface area contributed by atoms with Crippen LogP contribution in [0.3, 0.4) is 0 Å². The highest BCUT2D eigenvalue weighted by molar-refractivity contribution is 7.14. The second-order valence-corrected chi connectivity index (χ2v) is 6.49. The van der Waals surface area contributed by atoms with E-state index in [4.69, 9.17) is 0 Å². The Hall–Kier alpha value is -2.52. The number of phenolic OH excluding ortho intramolecular Hbond substituents is 1. The minimum Gasteiger partial charge on any atom is -0.508 e. The summed E-state index contributed by atoms with van der Waals surface area (Å²) in [6.45, 7) is 3.06. The lowest BCUT2D eigenvalue weighted by atomic mass is 10.1. The van der Waals surface area contributed by atoms with Crippen molar-refractivity contribution in [1.82, 2.24) is 4.57 Å². The van der Waals surface area contributed by atoms with Gasteiger partial charge in [-0.2, -0.15) is 0 Å². The number of hydrogen-bond donors (Lipinski definition) is 1. The van der Waals surface area contributed by atoms with E-state index in [0.717, 1.165) is 17.4 Å². The molecule has 0 bridgehead atoms. The first-order valence-electron chi connectivity index (χ1n) is 7.73. The van der Waals surface area contributed by atoms with Gasteiger partial charge in [0.2, 0.25) is 0 Å². The van der Waals surface area contributed by atoms with Gasteiger partial charge >= 0.3 is 0 Å². The zero-order valence-corrected chi connectivity index (χ0v) is 13.7. The van der Waals surface area contributed by atoms with Crippen LogP contribution in [0, 0.1) is 0 Å². The summed E-state index contributed by atoms with van der Waals surface area (Å²) in [5, 5.41) is 13.0. The van der Waals surface area contributed by atoms with E-state index < -0.39 is 0 Å². The van der Waals surface area contributed by atoms with Crippen molar-refractivity contribution in [2.24, 2.45) is 0 Å². The number of thiophene rings is 1. The smallest absolute Gasteiger partial charge is 0.116 e. The molecule has 0 atom stereocenters. The number of nitrogens with zero attached hydrogens (tertiary/aromatic N) is 1. The van der Waals surface area contributed by atoms with Crippen molar-refractivity contribution < 1.29 is 5.11 Å². The summed E-state index contributed by atoms with van der Waals surface area (Å²) < 4.78 is 2.30. The third kappa shape index (κ3) is 2.43. The predicted molar refractivity (Wildman–Crippen MR) is 98.0 cm³/mol. The van der Waals surface area contributed by atoms with Crippen LogP contribution in [0.4, 0.5) is 0 Å². The van der Waals surface area contributed by atoms with Crippen LogP contribution in [0.25, 0.3) is 32.6 Å². The standard InChI is InChI=1S/C20H17NOS/c1-2-21-18-9-8-17(22)10-15(18)11-19(21)20-12-16(13-23-20)14-6-4-3-5-7-14/h3-13,22H,2H2,1H3. The van der Waals surface area contributed by atoms with Gasteiger partial charge in [-0.15, -0.1) is 11.3 Å². The highest BCUT2D eigenvalue weighted by atomic mass is 32.1. The van der Waals surface area contributed by atoms with Crippen LogP contribution in [0.5, 0.6) is 5.75 Å². The lowest BCUT2D eigenvalue weighted by molar-refractivity contribution is 0.476. The maximum absolute atomic E-state index is 9.72. The molecule has 0 aliphatic rings. The minimum absolute atomic E-state index is 0.313. The summed E-state index contributed by atoms with van der Waals surface area (Å²) in [6, 6.07) is 20.4. The second-order valence-electron chi connectivity index (χ2n) is 5.58. The van der Waals surface area contributed by atoms with Crippen LogP contribution < -0.4 is 0 Å². The van der Waals surface area contributed by atoms with Crippen LogP contribution in [0.1, 0.15) is 6.92 Å². The number of rotatable bonds is 3. The van der Waals surface area contributed by atoms with Crippen LogP contribution in [0.2, 0.25) is 0 Å². The summed E-state index contributed by atoms with van der Waals surface area (Å²) in [6.07, 6.45) is 0. The first kappa shape index (κ1) is 14.1. The van der Waals surface area contributed by atoms with Gasteiger partial charge in [-0.1, -0.05) is 30.3 Å². The third-order valence-corrected chi connectivity index (χ3v) is 5.11. The number of aromatic nitrogens is 1. The third-order valence-electron chi connectivity index (χ3n) is 4.16. The van der Waals surface area contributed by atoms with E-state index in [0.29, 0.717) is 5.75 Å². The molecule has 0 radical (unpaired) electrons. The van der Waals surface area contributed by atoms with Gasteiger partial charge in [0, 0.05) is 17.4 Å². The van der Waals surface area contributed by atoms with Gasteiger partial charge in [0.05, 0.1) is 10.6 Å². The Morgan fingerprint density at radius 1 is 0.957 bits per heavy atom. The van der Waals surface area contributed by atoms with Gasteiger partial charge < -0.3 is 9.67 Å². The van der Waals surface area contributed by atoms with Crippen molar-refractivity contribution in [1.29, 1.82) is 0 Å². The van der Waals surface area contributed by atoms with Crippen molar-refractivity contribution >= 4 is 22.2 Å². The van der Waals surface area contributed by atoms with Gasteiger partial charge in [-0.25, -0.2) is 0 Å². The molecule has 3 heteroatoms. The van der Waals surface area contributed by atoms with E-state index in [1.54, 1.807) is 17.4 Å². The molecule has 0 aliphatic heterocycles. The summed E-state index contributed by atoms with van der Waals surface area (Å²) in [7, 11) is 0. The Morgan fingerprint density at radius 3 is 2.57 bits per heavy atom. The molecule has 2 aromatic heterocycles. The highest BCUT2D eigenvalue weighted by Gasteiger charge is 2.12. The highest BCUT2D eigenvalue weighted by Crippen LogP contribution is 2.36. The topological polar surface area (TPSA) is 25.2 Å². The SMILES string of the molecule is CCn1c(-c2cc(-c3ccccc3)cs2)cc2cc(O)ccc21. The molecule has 0 spiro atoms. The zero-order chi connectivity index (χ0) is 15.8. The van der Waals surface area contributed by atoms with E-state index in [-0.39, 0.29) is 0 Å². The van der Waals surface area contributed by atoms with E-state index in [2.05, 4.69) is 53.3 Å². The molecule has 0 saturated heterocycles. The number of benzene rings is 2. The maximum Gasteiger partial charge on any atom is 0.116 e. The molecule has 114 valence electrons. The fourth-order valence-electron chi connectivity index (χ4n) is 3.06. The summed E-state index contributed by atoms with van der Waals surface area (Å²) in [5.74, 6) is 0.313. The number of hydrogen-bond acceptors (Lipinski definition) is 2. The second kappa shape index (κ2) is 5.60. The monoisotopic (exact) mass is 319 g/mol. The number of phenols is 1. The molecular formula is C20H17NOS. The molecule has 0 saturated carbocycles. The fourth-order valence-corrected chi connectivity index (χ4v) is 4.00. The number of aromatic hydroxyl groups is 1. The van der Waals surface area contributed by atoms with Crippen LogP contribution in [0.15, 0.2) is 66.0 Å². The van der Waals surface area contributed by atoms with Crippen molar-refractivity contribution in [3.8, 4) is 27.4 Å². The van der Waals surface area contributed by atoms with Crippen molar-refractivity contribution in [3.05, 3.63) is 66.0 Å². The molecule has 1 N–H and O–H groups in total. The van der Waals surface area contributed by atoms with E-state index in [1.807, 2.05) is 18.2 Å². The molecule has 23 heavy (non-hydrogen) atoms. The average Bonchev–Trinajstić information content (AvgIpc) is 3.19. The van der Waals surface area contributed by atoms with E-state index in [9.17, 15) is 5.11 Å². The minimum atomic E-state index is 0.313. The van der Waals surface area contributed by atoms with Gasteiger partial charge in [0.25, 0.3) is 0 Å². The average molecular weight is 319 g/mol. The molecule has 4 rings (SSSR count).